The Kier molecular flexibility index (Phi) is 11.2. The molecule has 0 spiro atoms. The predicted octanol–water partition coefficient (Wildman–Crippen LogP) is 8.90. The van der Waals surface area contributed by atoms with E-state index in [1.165, 1.54) is 0 Å². The molecule has 52 heavy (non-hydrogen) atoms. The summed E-state index contributed by atoms with van der Waals surface area (Å²) in [7, 11) is 0.954. The second-order valence-corrected chi connectivity index (χ2v) is 13.2. The molecule has 0 atom stereocenters. The van der Waals surface area contributed by atoms with Gasteiger partial charge in [-0.1, -0.05) is 48.5 Å². The highest BCUT2D eigenvalue weighted by Gasteiger charge is 2.76. The molecule has 0 saturated carbocycles. The van der Waals surface area contributed by atoms with E-state index in [1.54, 1.807) is 0 Å². The van der Waals surface area contributed by atoms with Gasteiger partial charge in [0.05, 0.1) is 17.7 Å². The van der Waals surface area contributed by atoms with Gasteiger partial charge in [-0.25, -0.2) is 8.42 Å². The Morgan fingerprint density at radius 2 is 0.846 bits per heavy atom. The quantitative estimate of drug-likeness (QED) is 0.0741. The summed E-state index contributed by atoms with van der Waals surface area (Å²) in [6.45, 7) is 0. The van der Waals surface area contributed by atoms with E-state index in [0.29, 0.717) is 0 Å². The number of hydrogen-bond acceptors (Lipinski definition) is 6. The van der Waals surface area contributed by atoms with Crippen molar-refractivity contribution in [2.45, 2.75) is 53.8 Å². The van der Waals surface area contributed by atoms with Gasteiger partial charge in [-0.2, -0.15) is 61.5 Å². The molecule has 0 bridgehead atoms. The van der Waals surface area contributed by atoms with E-state index in [1.807, 2.05) is 0 Å². The maximum absolute atomic E-state index is 13.9. The molecule has 0 aromatic heterocycles. The van der Waals surface area contributed by atoms with Crippen molar-refractivity contribution in [2.24, 2.45) is 0 Å². The van der Waals surface area contributed by atoms with E-state index >= 15 is 0 Å². The van der Waals surface area contributed by atoms with Crippen molar-refractivity contribution in [3.05, 3.63) is 77.9 Å². The standard InChI is InChI=1S/C30H15ClF14O6S/c31-52(50,51)18-8-5-15(6-9-18)20-11-17(22(47)13-24(49)26(34,35)28(38,39)30(43,44)45)7-10-19(20)14-1-3-16(4-2-14)21(46)12-23(48)25(32,33)27(36,37)29(40,41)42/h1-11H,12-13H2. The second kappa shape index (κ2) is 13.9. The van der Waals surface area contributed by atoms with Crippen LogP contribution in [0.1, 0.15) is 33.6 Å². The number of alkyl halides is 14. The molecule has 0 saturated heterocycles. The van der Waals surface area contributed by atoms with Crippen LogP contribution in [0.5, 0.6) is 0 Å². The Labute approximate surface area is 285 Å². The van der Waals surface area contributed by atoms with Gasteiger partial charge < -0.3 is 0 Å². The van der Waals surface area contributed by atoms with Crippen LogP contribution < -0.4 is 0 Å². The van der Waals surface area contributed by atoms with Crippen LogP contribution in [0.25, 0.3) is 22.3 Å². The van der Waals surface area contributed by atoms with Gasteiger partial charge in [-0.15, -0.1) is 0 Å². The Morgan fingerprint density at radius 1 is 0.500 bits per heavy atom. The normalized spacial score (nSPS) is 13.5. The van der Waals surface area contributed by atoms with Gasteiger partial charge in [-0.3, -0.25) is 19.2 Å². The van der Waals surface area contributed by atoms with Gasteiger partial charge in [0.25, 0.3) is 9.05 Å². The first kappa shape index (κ1) is 42.0. The summed E-state index contributed by atoms with van der Waals surface area (Å²) in [5, 5.41) is 0. The van der Waals surface area contributed by atoms with Crippen LogP contribution in [0.2, 0.25) is 0 Å². The van der Waals surface area contributed by atoms with Gasteiger partial charge in [0, 0.05) is 21.8 Å². The van der Waals surface area contributed by atoms with Gasteiger partial charge >= 0.3 is 36.0 Å². The van der Waals surface area contributed by atoms with Crippen molar-refractivity contribution in [3.8, 4) is 22.3 Å². The average molecular weight is 805 g/mol. The van der Waals surface area contributed by atoms with Crippen molar-refractivity contribution >= 4 is 42.9 Å². The number of ketones is 4. The fraction of sp³-hybridized carbons (Fsp3) is 0.267. The zero-order chi connectivity index (χ0) is 40.0. The van der Waals surface area contributed by atoms with Gasteiger partial charge in [0.15, 0.2) is 11.6 Å². The van der Waals surface area contributed by atoms with E-state index in [-0.39, 0.29) is 22.3 Å². The lowest BCUT2D eigenvalue weighted by atomic mass is 9.90. The smallest absolute Gasteiger partial charge is 0.294 e. The monoisotopic (exact) mass is 804 g/mol. The summed E-state index contributed by atoms with van der Waals surface area (Å²) < 4.78 is 206. The topological polar surface area (TPSA) is 102 Å². The largest absolute Gasteiger partial charge is 0.460 e. The van der Waals surface area contributed by atoms with E-state index in [4.69, 9.17) is 10.7 Å². The average Bonchev–Trinajstić information content (AvgIpc) is 3.02. The third-order valence-corrected chi connectivity index (χ3v) is 8.52. The SMILES string of the molecule is O=C(CC(=O)C(F)(F)C(F)(F)C(F)(F)F)c1ccc(-c2ccc(C(=O)CC(=O)C(F)(F)C(F)(F)C(F)(F)F)cc2-c2ccc(S(=O)(=O)Cl)cc2)cc1. The zero-order valence-corrected chi connectivity index (χ0v) is 26.4. The van der Waals surface area contributed by atoms with E-state index in [2.05, 4.69) is 0 Å². The molecule has 3 aromatic carbocycles. The summed E-state index contributed by atoms with van der Waals surface area (Å²) >= 11 is 0. The maximum atomic E-state index is 13.9. The molecule has 0 aliphatic heterocycles. The summed E-state index contributed by atoms with van der Waals surface area (Å²) in [5.41, 5.74) is -1.66. The van der Waals surface area contributed by atoms with Crippen molar-refractivity contribution in [1.82, 2.24) is 0 Å². The number of rotatable bonds is 13. The maximum Gasteiger partial charge on any atom is 0.460 e. The summed E-state index contributed by atoms with van der Waals surface area (Å²) in [4.78, 5) is 48.0. The summed E-state index contributed by atoms with van der Waals surface area (Å²) in [5.74, 6) is -35.8. The van der Waals surface area contributed by atoms with Crippen LogP contribution in [0.3, 0.4) is 0 Å². The highest BCUT2D eigenvalue weighted by Crippen LogP contribution is 2.48. The molecule has 6 nitrogen and oxygen atoms in total. The van der Waals surface area contributed by atoms with E-state index in [9.17, 15) is 89.1 Å². The summed E-state index contributed by atoms with van der Waals surface area (Å²) in [6.07, 6.45) is -18.0. The molecule has 0 aliphatic carbocycles. The van der Waals surface area contributed by atoms with Crippen LogP contribution in [0, 0.1) is 0 Å². The fourth-order valence-corrected chi connectivity index (χ4v) is 5.03. The first-order valence-corrected chi connectivity index (χ1v) is 15.8. The molecule has 0 heterocycles. The molecule has 0 unspecified atom stereocenters. The number of halogens is 15. The molecule has 282 valence electrons. The number of carbonyl (C=O) groups excluding carboxylic acids is 4. The lowest BCUT2D eigenvalue weighted by molar-refractivity contribution is -0.343. The molecule has 0 amide bonds. The highest BCUT2D eigenvalue weighted by molar-refractivity contribution is 8.13. The van der Waals surface area contributed by atoms with Crippen LogP contribution in [-0.4, -0.2) is 67.6 Å². The minimum Gasteiger partial charge on any atom is -0.294 e. The Bertz CT molecular complexity index is 2010. The predicted molar refractivity (Wildman–Crippen MR) is 150 cm³/mol. The lowest BCUT2D eigenvalue weighted by Gasteiger charge is -2.26. The van der Waals surface area contributed by atoms with Crippen LogP contribution in [0.15, 0.2) is 71.6 Å². The molecule has 3 aromatic rings. The van der Waals surface area contributed by atoms with Gasteiger partial charge in [-0.05, 0) is 40.5 Å². The lowest BCUT2D eigenvalue weighted by Crippen LogP contribution is -2.56. The first-order chi connectivity index (χ1) is 23.4. The Morgan fingerprint density at radius 3 is 1.23 bits per heavy atom. The van der Waals surface area contributed by atoms with Crippen LogP contribution in [-0.2, 0) is 18.6 Å². The minimum absolute atomic E-state index is 0.0210. The molecular formula is C30H15ClF14O6S. The molecule has 0 aliphatic rings. The number of hydrogen-bond donors (Lipinski definition) is 0. The number of carbonyl (C=O) groups is 4. The van der Waals surface area contributed by atoms with E-state index in [0.717, 1.165) is 66.7 Å². The molecule has 22 heteroatoms. The summed E-state index contributed by atoms with van der Waals surface area (Å²) in [6, 6.07) is 10.1. The molecule has 0 fully saturated rings. The van der Waals surface area contributed by atoms with Crippen molar-refractivity contribution in [1.29, 1.82) is 0 Å². The Balaban J connectivity index is 2.02. The van der Waals surface area contributed by atoms with Crippen molar-refractivity contribution in [2.75, 3.05) is 0 Å². The third-order valence-electron chi connectivity index (χ3n) is 7.15. The minimum atomic E-state index is -6.88. The van der Waals surface area contributed by atoms with Crippen molar-refractivity contribution < 1.29 is 89.1 Å². The Hall–Kier alpha value is -4.40. The van der Waals surface area contributed by atoms with Crippen LogP contribution >= 0.6 is 10.7 Å². The molecular weight excluding hydrogens is 790 g/mol. The molecule has 3 rings (SSSR count). The van der Waals surface area contributed by atoms with Gasteiger partial charge in [0.1, 0.15) is 0 Å². The first-order valence-electron chi connectivity index (χ1n) is 13.4. The number of benzene rings is 3. The van der Waals surface area contributed by atoms with E-state index < -0.39 is 97.1 Å². The van der Waals surface area contributed by atoms with Gasteiger partial charge in [0.2, 0.25) is 11.6 Å². The fourth-order valence-electron chi connectivity index (χ4n) is 4.26. The highest BCUT2D eigenvalue weighted by atomic mass is 35.7. The van der Waals surface area contributed by atoms with Crippen molar-refractivity contribution in [3.63, 3.8) is 0 Å². The van der Waals surface area contributed by atoms with Crippen LogP contribution in [0.4, 0.5) is 61.5 Å². The molecule has 0 N–H and O–H groups in total. The third kappa shape index (κ3) is 7.98. The number of Topliss-reactive ketones (excluding diaryl/α,β-unsaturated/α-hetero) is 4. The molecule has 0 radical (unpaired) electrons. The zero-order valence-electron chi connectivity index (χ0n) is 24.8. The second-order valence-electron chi connectivity index (χ2n) is 10.6.